The molecule has 0 atom stereocenters. The molecule has 0 unspecified atom stereocenters. The molecule has 0 spiro atoms. The van der Waals surface area contributed by atoms with E-state index < -0.39 is 0 Å². The number of para-hydroxylation sites is 5. The Hall–Kier alpha value is -8.40. The van der Waals surface area contributed by atoms with E-state index in [1.54, 1.807) is 0 Å². The van der Waals surface area contributed by atoms with Crippen LogP contribution in [0.3, 0.4) is 0 Å². The van der Waals surface area contributed by atoms with Gasteiger partial charge in [-0.2, -0.15) is 0 Å². The molecule has 0 saturated carbocycles. The van der Waals surface area contributed by atoms with Crippen molar-refractivity contribution in [3.8, 4) is 50.2 Å². The molecule has 0 fully saturated rings. The first kappa shape index (κ1) is 36.5. The molecule has 0 aliphatic carbocycles. The minimum Gasteiger partial charge on any atom is -0.456 e. The molecule has 12 rings (SSSR count). The van der Waals surface area contributed by atoms with Crippen molar-refractivity contribution in [1.82, 2.24) is 4.57 Å². The van der Waals surface area contributed by atoms with E-state index in [1.807, 2.05) is 6.07 Å². The second-order valence-corrected chi connectivity index (χ2v) is 16.1. The smallest absolute Gasteiger partial charge is 0.136 e. The first-order valence-electron chi connectivity index (χ1n) is 21.5. The summed E-state index contributed by atoms with van der Waals surface area (Å²) >= 11 is 0. The summed E-state index contributed by atoms with van der Waals surface area (Å²) < 4.78 is 8.80. The summed E-state index contributed by atoms with van der Waals surface area (Å²) in [6.45, 7) is 0. The third-order valence-corrected chi connectivity index (χ3v) is 12.4. The van der Waals surface area contributed by atoms with Gasteiger partial charge in [-0.1, -0.05) is 182 Å². The zero-order valence-corrected chi connectivity index (χ0v) is 34.4. The molecule has 296 valence electrons. The van der Waals surface area contributed by atoms with Gasteiger partial charge in [0.1, 0.15) is 11.2 Å². The third kappa shape index (κ3) is 6.29. The number of benzene rings is 10. The predicted octanol–water partition coefficient (Wildman–Crippen LogP) is 16.8. The molecule has 3 heteroatoms. The van der Waals surface area contributed by atoms with Crippen molar-refractivity contribution in [3.63, 3.8) is 0 Å². The van der Waals surface area contributed by atoms with Crippen molar-refractivity contribution in [1.29, 1.82) is 0 Å². The third-order valence-electron chi connectivity index (χ3n) is 12.4. The SMILES string of the molecule is c1ccc(-c2ccc(-c3ccccc3N(c3ccc(-c4cccc(-n5c6ccccc6c6ccccc65)c4)cc3)c3ccccc3-c3cccc4oc5ccccc5c34)cc2)cc1. The highest BCUT2D eigenvalue weighted by molar-refractivity contribution is 6.14. The Labute approximate surface area is 366 Å². The Morgan fingerprint density at radius 2 is 0.810 bits per heavy atom. The molecule has 0 N–H and O–H groups in total. The number of rotatable bonds is 8. The van der Waals surface area contributed by atoms with Crippen LogP contribution >= 0.6 is 0 Å². The van der Waals surface area contributed by atoms with Crippen LogP contribution in [0.4, 0.5) is 17.1 Å². The maximum atomic E-state index is 6.42. The lowest BCUT2D eigenvalue weighted by molar-refractivity contribution is 0.669. The molecule has 0 aliphatic rings. The highest BCUT2D eigenvalue weighted by Crippen LogP contribution is 2.47. The molecule has 0 aliphatic heterocycles. The van der Waals surface area contributed by atoms with E-state index in [0.717, 1.165) is 78.1 Å². The summed E-state index contributed by atoms with van der Waals surface area (Å²) in [4.78, 5) is 2.43. The zero-order valence-electron chi connectivity index (χ0n) is 34.4. The van der Waals surface area contributed by atoms with Gasteiger partial charge in [-0.05, 0) is 94.0 Å². The van der Waals surface area contributed by atoms with Crippen LogP contribution in [0.2, 0.25) is 0 Å². The number of nitrogens with zero attached hydrogens (tertiary/aromatic N) is 2. The number of hydrogen-bond acceptors (Lipinski definition) is 2. The lowest BCUT2D eigenvalue weighted by atomic mass is 9.95. The Bertz CT molecular complexity index is 3560. The molecule has 0 radical (unpaired) electrons. The van der Waals surface area contributed by atoms with Crippen molar-refractivity contribution >= 4 is 60.8 Å². The van der Waals surface area contributed by atoms with Gasteiger partial charge >= 0.3 is 0 Å². The van der Waals surface area contributed by atoms with E-state index in [4.69, 9.17) is 4.42 Å². The predicted molar refractivity (Wildman–Crippen MR) is 264 cm³/mol. The molecule has 0 saturated heterocycles. The van der Waals surface area contributed by atoms with Gasteiger partial charge in [0.2, 0.25) is 0 Å². The first-order valence-corrected chi connectivity index (χ1v) is 21.5. The number of fused-ring (bicyclic) bond motifs is 6. The molecule has 12 aromatic rings. The lowest BCUT2D eigenvalue weighted by Crippen LogP contribution is -2.12. The van der Waals surface area contributed by atoms with E-state index in [-0.39, 0.29) is 0 Å². The average molecular weight is 805 g/mol. The largest absolute Gasteiger partial charge is 0.456 e. The minimum absolute atomic E-state index is 0.876. The first-order chi connectivity index (χ1) is 31.3. The Morgan fingerprint density at radius 1 is 0.317 bits per heavy atom. The number of aromatic nitrogens is 1. The second-order valence-electron chi connectivity index (χ2n) is 16.1. The summed E-state index contributed by atoms with van der Waals surface area (Å²) in [7, 11) is 0. The van der Waals surface area contributed by atoms with Gasteiger partial charge in [0.05, 0.1) is 22.4 Å². The van der Waals surface area contributed by atoms with Gasteiger partial charge in [0.15, 0.2) is 0 Å². The Balaban J connectivity index is 1.01. The monoisotopic (exact) mass is 804 g/mol. The summed E-state index contributed by atoms with van der Waals surface area (Å²) in [5.74, 6) is 0. The van der Waals surface area contributed by atoms with Crippen molar-refractivity contribution in [2.45, 2.75) is 0 Å². The molecular weight excluding hydrogens is 765 g/mol. The molecular formula is C60H40N2O. The van der Waals surface area contributed by atoms with Crippen LogP contribution in [0, 0.1) is 0 Å². The number of hydrogen-bond donors (Lipinski definition) is 0. The van der Waals surface area contributed by atoms with Gasteiger partial charge in [-0.3, -0.25) is 0 Å². The maximum absolute atomic E-state index is 6.42. The maximum Gasteiger partial charge on any atom is 0.136 e. The van der Waals surface area contributed by atoms with Crippen LogP contribution in [0.1, 0.15) is 0 Å². The van der Waals surface area contributed by atoms with Gasteiger partial charge in [-0.25, -0.2) is 0 Å². The molecule has 2 aromatic heterocycles. The molecule has 0 bridgehead atoms. The van der Waals surface area contributed by atoms with Gasteiger partial charge in [-0.15, -0.1) is 0 Å². The summed E-state index contributed by atoms with van der Waals surface area (Å²) in [6, 6.07) is 87.1. The summed E-state index contributed by atoms with van der Waals surface area (Å²) in [5, 5.41) is 4.74. The Kier molecular flexibility index (Phi) is 8.83. The van der Waals surface area contributed by atoms with Crippen LogP contribution in [0.5, 0.6) is 0 Å². The molecule has 3 nitrogen and oxygen atoms in total. The minimum atomic E-state index is 0.876. The number of anilines is 3. The van der Waals surface area contributed by atoms with Crippen molar-refractivity contribution in [2.75, 3.05) is 4.90 Å². The van der Waals surface area contributed by atoms with Crippen LogP contribution < -0.4 is 4.90 Å². The van der Waals surface area contributed by atoms with E-state index >= 15 is 0 Å². The summed E-state index contributed by atoms with van der Waals surface area (Å²) in [6.07, 6.45) is 0. The van der Waals surface area contributed by atoms with E-state index in [0.29, 0.717) is 0 Å². The Morgan fingerprint density at radius 3 is 1.56 bits per heavy atom. The summed E-state index contributed by atoms with van der Waals surface area (Å²) in [5.41, 5.74) is 17.8. The van der Waals surface area contributed by atoms with Crippen LogP contribution in [-0.2, 0) is 0 Å². The fraction of sp³-hybridized carbons (Fsp3) is 0. The highest BCUT2D eigenvalue weighted by Gasteiger charge is 2.23. The number of furan rings is 1. The molecule has 0 amide bonds. The normalized spacial score (nSPS) is 11.5. The zero-order chi connectivity index (χ0) is 41.7. The van der Waals surface area contributed by atoms with Crippen LogP contribution in [0.15, 0.2) is 247 Å². The average Bonchev–Trinajstić information content (AvgIpc) is 3.91. The molecule has 10 aromatic carbocycles. The van der Waals surface area contributed by atoms with E-state index in [2.05, 4.69) is 246 Å². The highest BCUT2D eigenvalue weighted by atomic mass is 16.3. The van der Waals surface area contributed by atoms with Gasteiger partial charge in [0, 0.05) is 44.0 Å². The molecule has 2 heterocycles. The van der Waals surface area contributed by atoms with E-state index in [9.17, 15) is 0 Å². The van der Waals surface area contributed by atoms with Gasteiger partial charge in [0.25, 0.3) is 0 Å². The lowest BCUT2D eigenvalue weighted by Gasteiger charge is -2.30. The van der Waals surface area contributed by atoms with E-state index in [1.165, 1.54) is 32.9 Å². The second kappa shape index (κ2) is 15.3. The van der Waals surface area contributed by atoms with Crippen LogP contribution in [-0.4, -0.2) is 4.57 Å². The standard InChI is InChI=1S/C60H40N2O/c1-2-16-41(17-3-1)42-32-34-44(35-33-42)48-20-4-9-26-54(48)61(57-29-12-7-23-51(57)52-25-15-31-59-60(52)53-24-8-13-30-58(53)63-59)46-38-36-43(37-39-46)45-18-14-19-47(40-45)62-55-27-10-5-21-49(55)50-22-6-11-28-56(50)62/h1-40H. The fourth-order valence-electron chi connectivity index (χ4n) is 9.52. The van der Waals surface area contributed by atoms with Gasteiger partial charge < -0.3 is 13.9 Å². The van der Waals surface area contributed by atoms with Crippen LogP contribution in [0.25, 0.3) is 93.9 Å². The fourth-order valence-corrected chi connectivity index (χ4v) is 9.52. The molecule has 63 heavy (non-hydrogen) atoms. The van der Waals surface area contributed by atoms with Crippen molar-refractivity contribution in [2.24, 2.45) is 0 Å². The van der Waals surface area contributed by atoms with Crippen molar-refractivity contribution in [3.05, 3.63) is 243 Å². The quantitative estimate of drug-likeness (QED) is 0.153. The van der Waals surface area contributed by atoms with Crippen molar-refractivity contribution < 1.29 is 4.42 Å². The topological polar surface area (TPSA) is 21.3 Å².